The Kier molecular flexibility index (Phi) is 5.23. The zero-order chi connectivity index (χ0) is 17.6. The molecule has 1 aliphatic rings. The second-order valence-electron chi connectivity index (χ2n) is 5.79. The van der Waals surface area contributed by atoms with E-state index in [2.05, 4.69) is 10.3 Å². The van der Waals surface area contributed by atoms with Crippen LogP contribution in [-0.4, -0.2) is 41.4 Å². The van der Waals surface area contributed by atoms with E-state index in [0.29, 0.717) is 19.6 Å². The fraction of sp³-hybridized carbons (Fsp3) is 0.278. The van der Waals surface area contributed by atoms with E-state index in [0.717, 1.165) is 5.56 Å². The van der Waals surface area contributed by atoms with Crippen molar-refractivity contribution in [2.45, 2.75) is 6.54 Å². The number of halogens is 1. The topological polar surface area (TPSA) is 71.5 Å². The Morgan fingerprint density at radius 2 is 1.92 bits per heavy atom. The molecule has 1 aliphatic heterocycles. The molecule has 1 fully saturated rings. The first kappa shape index (κ1) is 16.9. The Hall–Kier alpha value is -2.96. The summed E-state index contributed by atoms with van der Waals surface area (Å²) in [4.78, 5) is 29.5. The average Bonchev–Trinajstić information content (AvgIpc) is 2.59. The summed E-state index contributed by atoms with van der Waals surface area (Å²) in [6.45, 7) is 0.887. The Morgan fingerprint density at radius 1 is 1.20 bits per heavy atom. The number of likely N-dealkylation sites (tertiary alicyclic amines) is 1. The van der Waals surface area contributed by atoms with Crippen LogP contribution in [-0.2, 0) is 16.1 Å². The molecule has 3 rings (SSSR count). The lowest BCUT2D eigenvalue weighted by Crippen LogP contribution is -2.56. The Balaban J connectivity index is 1.39. The zero-order valence-electron chi connectivity index (χ0n) is 13.5. The third-order valence-electron chi connectivity index (χ3n) is 4.01. The van der Waals surface area contributed by atoms with Gasteiger partial charge >= 0.3 is 0 Å². The number of pyridine rings is 1. The summed E-state index contributed by atoms with van der Waals surface area (Å²) in [6.07, 6.45) is 3.33. The van der Waals surface area contributed by atoms with Gasteiger partial charge in [-0.3, -0.25) is 14.6 Å². The lowest BCUT2D eigenvalue weighted by atomic mass is 9.99. The highest BCUT2D eigenvalue weighted by Crippen LogP contribution is 2.18. The number of hydrogen-bond donors (Lipinski definition) is 1. The first-order valence-corrected chi connectivity index (χ1v) is 7.95. The van der Waals surface area contributed by atoms with Crippen molar-refractivity contribution in [3.05, 3.63) is 60.2 Å². The number of para-hydroxylation sites is 1. The molecular formula is C18H18FN3O3. The highest BCUT2D eigenvalue weighted by atomic mass is 19.1. The number of nitrogens with zero attached hydrogens (tertiary/aromatic N) is 2. The van der Waals surface area contributed by atoms with Crippen LogP contribution in [0, 0.1) is 11.7 Å². The van der Waals surface area contributed by atoms with Crippen molar-refractivity contribution < 1.29 is 18.7 Å². The fourth-order valence-electron chi connectivity index (χ4n) is 2.47. The lowest BCUT2D eigenvalue weighted by Gasteiger charge is -2.38. The molecule has 0 spiro atoms. The van der Waals surface area contributed by atoms with Gasteiger partial charge in [0.15, 0.2) is 18.2 Å². The molecule has 0 radical (unpaired) electrons. The molecule has 0 aliphatic carbocycles. The summed E-state index contributed by atoms with van der Waals surface area (Å²) in [5.74, 6) is -1.04. The number of ether oxygens (including phenoxy) is 1. The van der Waals surface area contributed by atoms with Crippen molar-refractivity contribution in [1.82, 2.24) is 15.2 Å². The number of carbonyl (C=O) groups is 2. The van der Waals surface area contributed by atoms with Gasteiger partial charge in [0.1, 0.15) is 0 Å². The second-order valence-corrected chi connectivity index (χ2v) is 5.79. The summed E-state index contributed by atoms with van der Waals surface area (Å²) in [7, 11) is 0. The Morgan fingerprint density at radius 3 is 2.64 bits per heavy atom. The van der Waals surface area contributed by atoms with Crippen LogP contribution in [0.15, 0.2) is 48.8 Å². The van der Waals surface area contributed by atoms with Crippen molar-refractivity contribution in [1.29, 1.82) is 0 Å². The molecule has 1 saturated heterocycles. The molecule has 2 heterocycles. The minimum Gasteiger partial charge on any atom is -0.481 e. The number of nitrogens with one attached hydrogen (secondary N) is 1. The Labute approximate surface area is 144 Å². The van der Waals surface area contributed by atoms with Crippen molar-refractivity contribution in [3.63, 3.8) is 0 Å². The van der Waals surface area contributed by atoms with Gasteiger partial charge in [0.2, 0.25) is 5.91 Å². The molecule has 1 N–H and O–H groups in total. The summed E-state index contributed by atoms with van der Waals surface area (Å²) < 4.78 is 18.6. The normalized spacial score (nSPS) is 13.9. The van der Waals surface area contributed by atoms with E-state index < -0.39 is 5.82 Å². The van der Waals surface area contributed by atoms with Gasteiger partial charge in [0.25, 0.3) is 5.91 Å². The van der Waals surface area contributed by atoms with Crippen LogP contribution in [0.2, 0.25) is 0 Å². The smallest absolute Gasteiger partial charge is 0.260 e. The number of rotatable bonds is 6. The number of carbonyl (C=O) groups excluding carboxylic acids is 2. The minimum absolute atomic E-state index is 0.0445. The molecule has 130 valence electrons. The molecule has 6 nitrogen and oxygen atoms in total. The van der Waals surface area contributed by atoms with E-state index in [1.807, 2.05) is 12.1 Å². The van der Waals surface area contributed by atoms with Crippen LogP contribution >= 0.6 is 0 Å². The Bertz CT molecular complexity index is 748. The fourth-order valence-corrected chi connectivity index (χ4v) is 2.47. The maximum atomic E-state index is 13.4. The van der Waals surface area contributed by atoms with E-state index in [1.165, 1.54) is 17.0 Å². The van der Waals surface area contributed by atoms with E-state index in [9.17, 15) is 14.0 Å². The highest BCUT2D eigenvalue weighted by Gasteiger charge is 2.35. The molecule has 0 atom stereocenters. The number of amides is 2. The molecule has 2 aromatic rings. The van der Waals surface area contributed by atoms with Crippen molar-refractivity contribution in [2.75, 3.05) is 19.7 Å². The molecule has 2 amide bonds. The minimum atomic E-state index is -0.507. The van der Waals surface area contributed by atoms with Gasteiger partial charge in [-0.05, 0) is 29.8 Å². The largest absolute Gasteiger partial charge is 0.481 e. The standard InChI is InChI=1S/C18H18FN3O3/c19-15-3-1-2-4-16(15)25-12-17(23)22-10-14(11-22)18(24)21-9-13-5-7-20-8-6-13/h1-8,14H,9-12H2,(H,21,24). The first-order valence-electron chi connectivity index (χ1n) is 7.95. The van der Waals surface area contributed by atoms with Gasteiger partial charge in [0.05, 0.1) is 5.92 Å². The van der Waals surface area contributed by atoms with Crippen molar-refractivity contribution >= 4 is 11.8 Å². The van der Waals surface area contributed by atoms with Crippen molar-refractivity contribution in [3.8, 4) is 5.75 Å². The molecule has 25 heavy (non-hydrogen) atoms. The van der Waals surface area contributed by atoms with Gasteiger partial charge in [-0.15, -0.1) is 0 Å². The zero-order valence-corrected chi connectivity index (χ0v) is 13.5. The molecular weight excluding hydrogens is 325 g/mol. The third kappa shape index (κ3) is 4.32. The molecule has 0 bridgehead atoms. The maximum absolute atomic E-state index is 13.4. The van der Waals surface area contributed by atoms with Gasteiger partial charge in [0, 0.05) is 32.0 Å². The average molecular weight is 343 g/mol. The molecule has 7 heteroatoms. The highest BCUT2D eigenvalue weighted by molar-refractivity contribution is 5.85. The van der Waals surface area contributed by atoms with Crippen LogP contribution in [0.25, 0.3) is 0 Å². The second kappa shape index (κ2) is 7.74. The number of benzene rings is 1. The van der Waals surface area contributed by atoms with E-state index >= 15 is 0 Å². The predicted octanol–water partition coefficient (Wildman–Crippen LogP) is 1.37. The summed E-state index contributed by atoms with van der Waals surface area (Å²) in [5, 5.41) is 2.84. The number of aromatic nitrogens is 1. The molecule has 0 unspecified atom stereocenters. The van der Waals surface area contributed by atoms with Crippen LogP contribution in [0.3, 0.4) is 0 Å². The molecule has 0 saturated carbocycles. The van der Waals surface area contributed by atoms with Gasteiger partial charge in [-0.25, -0.2) is 4.39 Å². The van der Waals surface area contributed by atoms with Gasteiger partial charge < -0.3 is 15.0 Å². The van der Waals surface area contributed by atoms with Gasteiger partial charge in [-0.1, -0.05) is 12.1 Å². The van der Waals surface area contributed by atoms with Crippen LogP contribution in [0.4, 0.5) is 4.39 Å². The predicted molar refractivity (Wildman–Crippen MR) is 88.0 cm³/mol. The maximum Gasteiger partial charge on any atom is 0.260 e. The quantitative estimate of drug-likeness (QED) is 0.860. The van der Waals surface area contributed by atoms with Crippen molar-refractivity contribution in [2.24, 2.45) is 5.92 Å². The monoisotopic (exact) mass is 343 g/mol. The third-order valence-corrected chi connectivity index (χ3v) is 4.01. The summed E-state index contributed by atoms with van der Waals surface area (Å²) in [5.41, 5.74) is 0.967. The van der Waals surface area contributed by atoms with Crippen LogP contribution in [0.5, 0.6) is 5.75 Å². The van der Waals surface area contributed by atoms with Crippen LogP contribution in [0.1, 0.15) is 5.56 Å². The summed E-state index contributed by atoms with van der Waals surface area (Å²) in [6, 6.07) is 9.58. The molecule has 1 aromatic carbocycles. The number of hydrogen-bond acceptors (Lipinski definition) is 4. The summed E-state index contributed by atoms with van der Waals surface area (Å²) >= 11 is 0. The SMILES string of the molecule is O=C(NCc1ccncc1)C1CN(C(=O)COc2ccccc2F)C1. The van der Waals surface area contributed by atoms with Crippen LogP contribution < -0.4 is 10.1 Å². The van der Waals surface area contributed by atoms with E-state index in [4.69, 9.17) is 4.74 Å². The first-order chi connectivity index (χ1) is 12.1. The van der Waals surface area contributed by atoms with E-state index in [-0.39, 0.29) is 30.1 Å². The van der Waals surface area contributed by atoms with E-state index in [1.54, 1.807) is 24.5 Å². The molecule has 1 aromatic heterocycles. The lowest BCUT2D eigenvalue weighted by molar-refractivity contribution is -0.144. The van der Waals surface area contributed by atoms with Gasteiger partial charge in [-0.2, -0.15) is 0 Å².